The Labute approximate surface area is 187 Å². The maximum Gasteiger partial charge on any atom is 0.240 e. The number of para-hydroxylation sites is 1. The Kier molecular flexibility index (Phi) is 6.01. The number of benzene rings is 3. The molecule has 32 heavy (non-hydrogen) atoms. The average Bonchev–Trinajstić information content (AvgIpc) is 3.17. The number of methoxy groups -OCH3 is 1. The van der Waals surface area contributed by atoms with Crippen LogP contribution in [0.25, 0.3) is 10.9 Å². The van der Waals surface area contributed by atoms with Crippen molar-refractivity contribution in [3.63, 3.8) is 0 Å². The van der Waals surface area contributed by atoms with Crippen LogP contribution in [0.5, 0.6) is 5.75 Å². The molecular formula is C25H24N2O4S. The minimum Gasteiger partial charge on any atom is -0.497 e. The Morgan fingerprint density at radius 1 is 0.969 bits per heavy atom. The molecule has 1 amide bonds. The molecule has 1 aromatic heterocycles. The summed E-state index contributed by atoms with van der Waals surface area (Å²) in [6.07, 6.45) is 1.55. The Morgan fingerprint density at radius 2 is 1.66 bits per heavy atom. The molecule has 6 nitrogen and oxygen atoms in total. The molecule has 0 bridgehead atoms. The second kappa shape index (κ2) is 8.88. The lowest BCUT2D eigenvalue weighted by Gasteiger charge is -2.08. The van der Waals surface area contributed by atoms with Gasteiger partial charge in [-0.3, -0.25) is 4.79 Å². The molecule has 4 rings (SSSR count). The van der Waals surface area contributed by atoms with Gasteiger partial charge in [0.05, 0.1) is 16.9 Å². The molecule has 0 atom stereocenters. The predicted molar refractivity (Wildman–Crippen MR) is 123 cm³/mol. The number of nitrogens with one attached hydrogen (secondary N) is 1. The van der Waals surface area contributed by atoms with Gasteiger partial charge in [0, 0.05) is 23.6 Å². The number of aryl methyl sites for hydroxylation is 1. The average molecular weight is 449 g/mol. The molecule has 3 aromatic carbocycles. The summed E-state index contributed by atoms with van der Waals surface area (Å²) >= 11 is 0. The van der Waals surface area contributed by atoms with Gasteiger partial charge in [0.15, 0.2) is 0 Å². The summed E-state index contributed by atoms with van der Waals surface area (Å²) in [5.74, 6) is 0.544. The molecule has 7 heteroatoms. The van der Waals surface area contributed by atoms with E-state index in [4.69, 9.17) is 4.74 Å². The number of fused-ring (bicyclic) bond motifs is 1. The lowest BCUT2D eigenvalue weighted by Crippen LogP contribution is -2.26. The van der Waals surface area contributed by atoms with E-state index < -0.39 is 9.84 Å². The zero-order chi connectivity index (χ0) is 22.7. The number of sulfone groups is 1. The number of ether oxygens (including phenoxy) is 1. The summed E-state index contributed by atoms with van der Waals surface area (Å²) in [5, 5.41) is 3.48. The van der Waals surface area contributed by atoms with Gasteiger partial charge >= 0.3 is 0 Å². The SMILES string of the molecule is COc1ccc(CNC(=O)Cn2cc(S(=O)(=O)c3ccc(C)cc3)c3ccccc32)cc1. The molecule has 4 aromatic rings. The molecule has 1 N–H and O–H groups in total. The van der Waals surface area contributed by atoms with Crippen LogP contribution >= 0.6 is 0 Å². The van der Waals surface area contributed by atoms with E-state index in [9.17, 15) is 13.2 Å². The van der Waals surface area contributed by atoms with Crippen LogP contribution in [0.3, 0.4) is 0 Å². The van der Waals surface area contributed by atoms with Gasteiger partial charge in [-0.15, -0.1) is 0 Å². The molecule has 0 spiro atoms. The quantitative estimate of drug-likeness (QED) is 0.462. The van der Waals surface area contributed by atoms with Crippen LogP contribution in [0, 0.1) is 6.92 Å². The zero-order valence-electron chi connectivity index (χ0n) is 17.9. The first-order valence-electron chi connectivity index (χ1n) is 10.2. The van der Waals surface area contributed by atoms with Crippen molar-refractivity contribution in [3.05, 3.63) is 90.1 Å². The number of hydrogen-bond acceptors (Lipinski definition) is 4. The van der Waals surface area contributed by atoms with Crippen molar-refractivity contribution in [2.45, 2.75) is 29.8 Å². The number of hydrogen-bond donors (Lipinski definition) is 1. The fraction of sp³-hybridized carbons (Fsp3) is 0.160. The number of carbonyl (C=O) groups excluding carboxylic acids is 1. The molecule has 164 valence electrons. The van der Waals surface area contributed by atoms with Gasteiger partial charge in [-0.05, 0) is 42.8 Å². The molecule has 0 aliphatic heterocycles. The summed E-state index contributed by atoms with van der Waals surface area (Å²) in [6, 6.07) is 21.4. The topological polar surface area (TPSA) is 77.4 Å². The van der Waals surface area contributed by atoms with Crippen molar-refractivity contribution < 1.29 is 17.9 Å². The summed E-state index contributed by atoms with van der Waals surface area (Å²) < 4.78 is 33.4. The molecular weight excluding hydrogens is 424 g/mol. The van der Waals surface area contributed by atoms with Crippen LogP contribution in [-0.4, -0.2) is 26.0 Å². The smallest absolute Gasteiger partial charge is 0.240 e. The molecule has 0 fully saturated rings. The number of carbonyl (C=O) groups is 1. The highest BCUT2D eigenvalue weighted by atomic mass is 32.2. The maximum absolute atomic E-state index is 13.3. The van der Waals surface area contributed by atoms with E-state index in [0.29, 0.717) is 17.4 Å². The molecule has 1 heterocycles. The molecule has 0 saturated heterocycles. The molecule has 0 radical (unpaired) electrons. The minimum absolute atomic E-state index is 0.0140. The van der Waals surface area contributed by atoms with Gasteiger partial charge in [0.2, 0.25) is 15.7 Å². The van der Waals surface area contributed by atoms with Gasteiger partial charge in [0.1, 0.15) is 12.3 Å². The molecule has 0 aliphatic rings. The summed E-state index contributed by atoms with van der Waals surface area (Å²) in [4.78, 5) is 13.0. The van der Waals surface area contributed by atoms with Crippen LogP contribution in [0.1, 0.15) is 11.1 Å². The van der Waals surface area contributed by atoms with E-state index in [1.807, 2.05) is 43.3 Å². The largest absolute Gasteiger partial charge is 0.497 e. The van der Waals surface area contributed by atoms with Gasteiger partial charge in [-0.1, -0.05) is 48.0 Å². The van der Waals surface area contributed by atoms with Crippen LogP contribution in [0.2, 0.25) is 0 Å². The summed E-state index contributed by atoms with van der Waals surface area (Å²) in [6.45, 7) is 2.30. The van der Waals surface area contributed by atoms with Crippen molar-refractivity contribution >= 4 is 26.6 Å². The molecule has 0 aliphatic carbocycles. The van der Waals surface area contributed by atoms with E-state index in [1.165, 1.54) is 0 Å². The Balaban J connectivity index is 1.58. The van der Waals surface area contributed by atoms with Crippen LogP contribution in [0.4, 0.5) is 0 Å². The minimum atomic E-state index is -3.72. The van der Waals surface area contributed by atoms with Crippen molar-refractivity contribution in [3.8, 4) is 5.75 Å². The highest BCUT2D eigenvalue weighted by Crippen LogP contribution is 2.30. The number of amides is 1. The second-order valence-electron chi connectivity index (χ2n) is 7.58. The predicted octanol–water partition coefficient (Wildman–Crippen LogP) is 4.11. The molecule has 0 saturated carbocycles. The van der Waals surface area contributed by atoms with E-state index in [2.05, 4.69) is 5.32 Å². The summed E-state index contributed by atoms with van der Waals surface area (Å²) in [5.41, 5.74) is 2.62. The van der Waals surface area contributed by atoms with Gasteiger partial charge in [-0.2, -0.15) is 0 Å². The standard InChI is InChI=1S/C25H24N2O4S/c1-18-7-13-21(14-8-18)32(29,30)24-16-27(23-6-4-3-5-22(23)24)17-25(28)26-15-19-9-11-20(31-2)12-10-19/h3-14,16H,15,17H2,1-2H3,(H,26,28). The highest BCUT2D eigenvalue weighted by molar-refractivity contribution is 7.91. The van der Waals surface area contributed by atoms with Crippen molar-refractivity contribution in [1.29, 1.82) is 0 Å². The third-order valence-corrected chi connectivity index (χ3v) is 7.13. The lowest BCUT2D eigenvalue weighted by atomic mass is 10.2. The van der Waals surface area contributed by atoms with E-state index in [0.717, 1.165) is 16.9 Å². The first-order chi connectivity index (χ1) is 15.4. The number of aromatic nitrogens is 1. The lowest BCUT2D eigenvalue weighted by molar-refractivity contribution is -0.121. The van der Waals surface area contributed by atoms with Gasteiger partial charge < -0.3 is 14.6 Å². The number of nitrogens with zero attached hydrogens (tertiary/aromatic N) is 1. The third-order valence-electron chi connectivity index (χ3n) is 5.34. The second-order valence-corrected chi connectivity index (χ2v) is 9.50. The molecule has 0 unspecified atom stereocenters. The fourth-order valence-corrected chi connectivity index (χ4v) is 5.03. The van der Waals surface area contributed by atoms with E-state index in [1.54, 1.807) is 54.3 Å². The van der Waals surface area contributed by atoms with Crippen LogP contribution in [-0.2, 0) is 27.7 Å². The summed E-state index contributed by atoms with van der Waals surface area (Å²) in [7, 11) is -2.12. The normalized spacial score (nSPS) is 11.4. The highest BCUT2D eigenvalue weighted by Gasteiger charge is 2.23. The van der Waals surface area contributed by atoms with Crippen molar-refractivity contribution in [2.24, 2.45) is 0 Å². The van der Waals surface area contributed by atoms with Gasteiger partial charge in [0.25, 0.3) is 0 Å². The maximum atomic E-state index is 13.3. The Bertz CT molecular complexity index is 1360. The van der Waals surface area contributed by atoms with E-state index in [-0.39, 0.29) is 22.2 Å². The fourth-order valence-electron chi connectivity index (χ4n) is 3.56. The monoisotopic (exact) mass is 448 g/mol. The third kappa shape index (κ3) is 4.38. The Morgan fingerprint density at radius 3 is 2.34 bits per heavy atom. The first-order valence-corrected chi connectivity index (χ1v) is 11.7. The van der Waals surface area contributed by atoms with Crippen LogP contribution < -0.4 is 10.1 Å². The Hall–Kier alpha value is -3.58. The van der Waals surface area contributed by atoms with Crippen molar-refractivity contribution in [2.75, 3.05) is 7.11 Å². The van der Waals surface area contributed by atoms with Crippen LogP contribution in [0.15, 0.2) is 88.8 Å². The van der Waals surface area contributed by atoms with Crippen molar-refractivity contribution in [1.82, 2.24) is 9.88 Å². The van der Waals surface area contributed by atoms with Gasteiger partial charge in [-0.25, -0.2) is 8.42 Å². The zero-order valence-corrected chi connectivity index (χ0v) is 18.7. The number of rotatable bonds is 7. The first kappa shape index (κ1) is 21.6. The van der Waals surface area contributed by atoms with E-state index >= 15 is 0 Å².